The zero-order chi connectivity index (χ0) is 20.2. The van der Waals surface area contributed by atoms with Crippen LogP contribution in [0.5, 0.6) is 5.75 Å². The van der Waals surface area contributed by atoms with Crippen LogP contribution in [0.4, 0.5) is 5.69 Å². The van der Waals surface area contributed by atoms with E-state index < -0.39 is 0 Å². The second-order valence-electron chi connectivity index (χ2n) is 7.39. The highest BCUT2D eigenvalue weighted by molar-refractivity contribution is 6.04. The van der Waals surface area contributed by atoms with E-state index in [2.05, 4.69) is 25.6 Å². The van der Waals surface area contributed by atoms with E-state index >= 15 is 0 Å². The molecule has 2 aromatic heterocycles. The highest BCUT2D eigenvalue weighted by Gasteiger charge is 2.26. The van der Waals surface area contributed by atoms with Crippen molar-refractivity contribution in [1.29, 1.82) is 0 Å². The molecule has 3 aromatic rings. The fourth-order valence-corrected chi connectivity index (χ4v) is 3.79. The standard InChI is InChI=1S/C21H25N5O3/c1-14-10-18(29-25-14)13-26-9-3-4-16(12-26)20-19(11-22-24-20)23-21(27)15-5-7-17(28-2)8-6-15/h5-8,10-11,16H,3-4,9,12-13H2,1-2H3,(H,22,24)(H,23,27)/t16-/m1/s1. The Kier molecular flexibility index (Phi) is 5.62. The average molecular weight is 395 g/mol. The highest BCUT2D eigenvalue weighted by atomic mass is 16.5. The summed E-state index contributed by atoms with van der Waals surface area (Å²) in [6.07, 6.45) is 3.79. The number of methoxy groups -OCH3 is 1. The summed E-state index contributed by atoms with van der Waals surface area (Å²) in [7, 11) is 1.60. The lowest BCUT2D eigenvalue weighted by Gasteiger charge is -2.31. The molecule has 2 N–H and O–H groups in total. The number of benzene rings is 1. The maximum atomic E-state index is 12.6. The van der Waals surface area contributed by atoms with Crippen molar-refractivity contribution in [2.75, 3.05) is 25.5 Å². The zero-order valence-electron chi connectivity index (χ0n) is 16.6. The second-order valence-corrected chi connectivity index (χ2v) is 7.39. The second kappa shape index (κ2) is 8.48. The summed E-state index contributed by atoms with van der Waals surface area (Å²) < 4.78 is 10.5. The fourth-order valence-electron chi connectivity index (χ4n) is 3.79. The number of aromatic amines is 1. The molecule has 1 fully saturated rings. The summed E-state index contributed by atoms with van der Waals surface area (Å²) in [5.41, 5.74) is 3.16. The molecule has 0 radical (unpaired) electrons. The predicted molar refractivity (Wildman–Crippen MR) is 108 cm³/mol. The lowest BCUT2D eigenvalue weighted by atomic mass is 9.94. The van der Waals surface area contributed by atoms with Gasteiger partial charge in [-0.25, -0.2) is 0 Å². The number of nitrogens with zero attached hydrogens (tertiary/aromatic N) is 3. The van der Waals surface area contributed by atoms with Gasteiger partial charge in [0.25, 0.3) is 5.91 Å². The summed E-state index contributed by atoms with van der Waals surface area (Å²) in [6, 6.07) is 9.01. The molecule has 0 unspecified atom stereocenters. The zero-order valence-corrected chi connectivity index (χ0v) is 16.6. The molecule has 0 saturated carbocycles. The molecule has 152 valence electrons. The van der Waals surface area contributed by atoms with Gasteiger partial charge in [-0.15, -0.1) is 0 Å². The van der Waals surface area contributed by atoms with Gasteiger partial charge in [0.15, 0.2) is 5.76 Å². The molecule has 1 aliphatic rings. The minimum atomic E-state index is -0.167. The van der Waals surface area contributed by atoms with Crippen LogP contribution in [-0.4, -0.2) is 46.4 Å². The molecule has 1 aliphatic heterocycles. The van der Waals surface area contributed by atoms with Gasteiger partial charge >= 0.3 is 0 Å². The van der Waals surface area contributed by atoms with E-state index in [1.165, 1.54) is 0 Å². The Hall–Kier alpha value is -3.13. The van der Waals surface area contributed by atoms with Gasteiger partial charge in [0, 0.05) is 24.1 Å². The molecule has 1 amide bonds. The Bertz CT molecular complexity index is 963. The number of hydrogen-bond acceptors (Lipinski definition) is 6. The van der Waals surface area contributed by atoms with Crippen LogP contribution in [0.25, 0.3) is 0 Å². The number of hydrogen-bond donors (Lipinski definition) is 2. The number of amides is 1. The van der Waals surface area contributed by atoms with E-state index in [0.29, 0.717) is 5.56 Å². The minimum absolute atomic E-state index is 0.167. The number of aromatic nitrogens is 3. The number of ether oxygens (including phenoxy) is 1. The van der Waals surface area contributed by atoms with E-state index in [9.17, 15) is 4.79 Å². The minimum Gasteiger partial charge on any atom is -0.497 e. The van der Waals surface area contributed by atoms with Gasteiger partial charge in [-0.1, -0.05) is 5.16 Å². The Morgan fingerprint density at radius 3 is 2.93 bits per heavy atom. The maximum absolute atomic E-state index is 12.6. The first kappa shape index (κ1) is 19.2. The summed E-state index contributed by atoms with van der Waals surface area (Å²) in [6.45, 7) is 4.54. The molecule has 0 spiro atoms. The van der Waals surface area contributed by atoms with Crippen molar-refractivity contribution < 1.29 is 14.1 Å². The maximum Gasteiger partial charge on any atom is 0.255 e. The van der Waals surface area contributed by atoms with Crippen molar-refractivity contribution in [3.8, 4) is 5.75 Å². The number of nitrogens with one attached hydrogen (secondary N) is 2. The SMILES string of the molecule is COc1ccc(C(=O)Nc2cn[nH]c2[C@@H]2CCCN(Cc3cc(C)no3)C2)cc1. The van der Waals surface area contributed by atoms with Crippen molar-refractivity contribution in [2.45, 2.75) is 32.2 Å². The summed E-state index contributed by atoms with van der Waals surface area (Å²) in [5.74, 6) is 1.69. The van der Waals surface area contributed by atoms with Crippen LogP contribution in [0.15, 0.2) is 41.1 Å². The van der Waals surface area contributed by atoms with Crippen LogP contribution in [0.1, 0.15) is 46.3 Å². The topological polar surface area (TPSA) is 96.3 Å². The molecule has 1 aromatic carbocycles. The lowest BCUT2D eigenvalue weighted by molar-refractivity contribution is 0.102. The first-order valence-corrected chi connectivity index (χ1v) is 9.75. The van der Waals surface area contributed by atoms with Gasteiger partial charge in [-0.3, -0.25) is 14.8 Å². The number of carbonyl (C=O) groups is 1. The Balaban J connectivity index is 1.43. The van der Waals surface area contributed by atoms with Crippen LogP contribution < -0.4 is 10.1 Å². The Morgan fingerprint density at radius 1 is 1.38 bits per heavy atom. The quantitative estimate of drug-likeness (QED) is 0.664. The molecule has 1 saturated heterocycles. The molecule has 3 heterocycles. The largest absolute Gasteiger partial charge is 0.497 e. The number of piperidine rings is 1. The smallest absolute Gasteiger partial charge is 0.255 e. The molecule has 8 nitrogen and oxygen atoms in total. The fraction of sp³-hybridized carbons (Fsp3) is 0.381. The van der Waals surface area contributed by atoms with Crippen molar-refractivity contribution in [3.05, 3.63) is 59.2 Å². The number of aryl methyl sites for hydroxylation is 1. The predicted octanol–water partition coefficient (Wildman–Crippen LogP) is 3.35. The normalized spacial score (nSPS) is 17.2. The summed E-state index contributed by atoms with van der Waals surface area (Å²) in [5, 5.41) is 14.2. The summed E-state index contributed by atoms with van der Waals surface area (Å²) in [4.78, 5) is 15.0. The first-order valence-electron chi connectivity index (χ1n) is 9.75. The van der Waals surface area contributed by atoms with Gasteiger partial charge in [0.1, 0.15) is 5.75 Å². The van der Waals surface area contributed by atoms with Crippen molar-refractivity contribution >= 4 is 11.6 Å². The average Bonchev–Trinajstić information content (AvgIpc) is 3.37. The van der Waals surface area contributed by atoms with Gasteiger partial charge < -0.3 is 14.6 Å². The molecule has 4 rings (SSSR count). The first-order chi connectivity index (χ1) is 14.1. The van der Waals surface area contributed by atoms with Crippen molar-refractivity contribution in [2.24, 2.45) is 0 Å². The third-order valence-electron chi connectivity index (χ3n) is 5.24. The monoisotopic (exact) mass is 395 g/mol. The number of rotatable bonds is 6. The number of anilines is 1. The van der Waals surface area contributed by atoms with E-state index in [1.807, 2.05) is 13.0 Å². The molecule has 29 heavy (non-hydrogen) atoms. The van der Waals surface area contributed by atoms with Gasteiger partial charge in [-0.05, 0) is 50.6 Å². The van der Waals surface area contributed by atoms with Crippen LogP contribution in [0.2, 0.25) is 0 Å². The summed E-state index contributed by atoms with van der Waals surface area (Å²) >= 11 is 0. The third-order valence-corrected chi connectivity index (χ3v) is 5.24. The van der Waals surface area contributed by atoms with Crippen molar-refractivity contribution in [1.82, 2.24) is 20.3 Å². The third kappa shape index (κ3) is 4.48. The van der Waals surface area contributed by atoms with Gasteiger partial charge in [0.2, 0.25) is 0 Å². The highest BCUT2D eigenvalue weighted by Crippen LogP contribution is 2.31. The molecule has 0 aliphatic carbocycles. The number of H-pyrrole nitrogens is 1. The Labute approximate surface area is 169 Å². The van der Waals surface area contributed by atoms with E-state index in [4.69, 9.17) is 9.26 Å². The van der Waals surface area contributed by atoms with Crippen LogP contribution in [0, 0.1) is 6.92 Å². The molecule has 0 bridgehead atoms. The van der Waals surface area contributed by atoms with Crippen LogP contribution >= 0.6 is 0 Å². The van der Waals surface area contributed by atoms with E-state index in [-0.39, 0.29) is 11.8 Å². The molecule has 8 heteroatoms. The van der Waals surface area contributed by atoms with Gasteiger partial charge in [0.05, 0.1) is 36.9 Å². The van der Waals surface area contributed by atoms with Gasteiger partial charge in [-0.2, -0.15) is 5.10 Å². The Morgan fingerprint density at radius 2 is 2.21 bits per heavy atom. The van der Waals surface area contributed by atoms with E-state index in [0.717, 1.165) is 61.1 Å². The molecular formula is C21H25N5O3. The molecule has 1 atom stereocenters. The molecular weight excluding hydrogens is 370 g/mol. The van der Waals surface area contributed by atoms with Crippen molar-refractivity contribution in [3.63, 3.8) is 0 Å². The van der Waals surface area contributed by atoms with Crippen LogP contribution in [0.3, 0.4) is 0 Å². The number of carbonyl (C=O) groups excluding carboxylic acids is 1. The van der Waals surface area contributed by atoms with Crippen LogP contribution in [-0.2, 0) is 6.54 Å². The van der Waals surface area contributed by atoms with E-state index in [1.54, 1.807) is 37.6 Å². The lowest BCUT2D eigenvalue weighted by Crippen LogP contribution is -2.34. The number of likely N-dealkylation sites (tertiary alicyclic amines) is 1.